The molecule has 3 heteroatoms. The average molecular weight is 506 g/mol. The standard InChI is InChI=1S/C13H20.C12H18.C7H11N3.C2H6/c1-4-5-6-7-13-9-8-11(2)12(3)10-13;1-5-10-6-8-11(9-7-10)12(2,3)4;1-5(2)10-7(8)4-6(3)9-10;1-2/h8-10H,4-7H2,1-3H3;6-9H,5H2,1-4H3;4,9H,1,3,8H2,2H3;1-2H3. The van der Waals surface area contributed by atoms with E-state index in [0.717, 1.165) is 17.8 Å². The molecule has 0 unspecified atom stereocenters. The molecule has 0 bridgehead atoms. The van der Waals surface area contributed by atoms with Crippen LogP contribution in [0.1, 0.15) is 102 Å². The highest BCUT2D eigenvalue weighted by atomic mass is 15.6. The molecule has 206 valence electrons. The number of hydrogen-bond donors (Lipinski definition) is 2. The highest BCUT2D eigenvalue weighted by molar-refractivity contribution is 5.30. The van der Waals surface area contributed by atoms with Crippen molar-refractivity contribution in [2.45, 2.75) is 107 Å². The quantitative estimate of drug-likeness (QED) is 0.384. The maximum atomic E-state index is 5.57. The van der Waals surface area contributed by atoms with Gasteiger partial charge in [0.2, 0.25) is 0 Å². The van der Waals surface area contributed by atoms with Crippen molar-refractivity contribution in [1.82, 2.24) is 10.4 Å². The van der Waals surface area contributed by atoms with Gasteiger partial charge in [0.25, 0.3) is 0 Å². The second-order valence-electron chi connectivity index (χ2n) is 10.5. The Morgan fingerprint density at radius 1 is 0.919 bits per heavy atom. The van der Waals surface area contributed by atoms with Gasteiger partial charge in [-0.25, -0.2) is 5.01 Å². The number of allylic oxidation sites excluding steroid dienone is 2. The zero-order valence-electron chi connectivity index (χ0n) is 25.6. The number of hydrogen-bond acceptors (Lipinski definition) is 3. The molecule has 2 aromatic carbocycles. The Morgan fingerprint density at radius 3 is 1.86 bits per heavy atom. The molecule has 1 heterocycles. The SMILES string of the molecule is C=C1C=C(N)N(C(=C)C)N1.CC.CCCCCc1ccc(C)c(C)c1.CCc1ccc(C(C)(C)C)cc1. The Kier molecular flexibility index (Phi) is 16.1. The molecule has 0 spiro atoms. The van der Waals surface area contributed by atoms with Gasteiger partial charge in [0, 0.05) is 11.8 Å². The lowest BCUT2D eigenvalue weighted by Gasteiger charge is -2.19. The molecule has 0 atom stereocenters. The normalized spacial score (nSPS) is 12.1. The summed E-state index contributed by atoms with van der Waals surface area (Å²) in [5.74, 6) is 0.637. The second-order valence-corrected chi connectivity index (χ2v) is 10.5. The van der Waals surface area contributed by atoms with E-state index in [0.29, 0.717) is 5.82 Å². The summed E-state index contributed by atoms with van der Waals surface area (Å²) >= 11 is 0. The molecule has 37 heavy (non-hydrogen) atoms. The van der Waals surface area contributed by atoms with Crippen molar-refractivity contribution in [1.29, 1.82) is 0 Å². The van der Waals surface area contributed by atoms with E-state index in [4.69, 9.17) is 5.73 Å². The summed E-state index contributed by atoms with van der Waals surface area (Å²) in [4.78, 5) is 0. The molecular formula is C34H55N3. The van der Waals surface area contributed by atoms with Crippen LogP contribution in [-0.4, -0.2) is 5.01 Å². The molecule has 0 aromatic heterocycles. The molecule has 1 aliphatic rings. The molecule has 3 nitrogen and oxygen atoms in total. The molecule has 2 aromatic rings. The van der Waals surface area contributed by atoms with Gasteiger partial charge in [-0.3, -0.25) is 5.43 Å². The van der Waals surface area contributed by atoms with Crippen LogP contribution in [0.4, 0.5) is 0 Å². The zero-order valence-corrected chi connectivity index (χ0v) is 25.6. The lowest BCUT2D eigenvalue weighted by Crippen LogP contribution is -2.31. The number of rotatable bonds is 6. The van der Waals surface area contributed by atoms with Crippen LogP contribution < -0.4 is 11.2 Å². The molecule has 3 rings (SSSR count). The van der Waals surface area contributed by atoms with Crippen molar-refractivity contribution in [3.05, 3.63) is 107 Å². The molecule has 1 aliphatic heterocycles. The minimum absolute atomic E-state index is 0.284. The summed E-state index contributed by atoms with van der Waals surface area (Å²) in [5.41, 5.74) is 17.6. The molecule has 3 N–H and O–H groups in total. The van der Waals surface area contributed by atoms with Crippen molar-refractivity contribution in [2.75, 3.05) is 0 Å². The van der Waals surface area contributed by atoms with Gasteiger partial charge in [0.15, 0.2) is 0 Å². The maximum Gasteiger partial charge on any atom is 0.124 e. The van der Waals surface area contributed by atoms with Crippen LogP contribution in [0.2, 0.25) is 0 Å². The van der Waals surface area contributed by atoms with E-state index >= 15 is 0 Å². The number of hydrazine groups is 1. The summed E-state index contributed by atoms with van der Waals surface area (Å²) in [7, 11) is 0. The maximum absolute atomic E-state index is 5.57. The van der Waals surface area contributed by atoms with Crippen LogP contribution in [0.3, 0.4) is 0 Å². The van der Waals surface area contributed by atoms with Gasteiger partial charge >= 0.3 is 0 Å². The number of nitrogens with two attached hydrogens (primary N) is 1. The van der Waals surface area contributed by atoms with E-state index in [9.17, 15) is 0 Å². The Labute approximate surface area is 229 Å². The smallest absolute Gasteiger partial charge is 0.124 e. The van der Waals surface area contributed by atoms with Crippen LogP contribution in [0.15, 0.2) is 78.9 Å². The van der Waals surface area contributed by atoms with E-state index in [1.54, 1.807) is 11.1 Å². The zero-order chi connectivity index (χ0) is 28.6. The van der Waals surface area contributed by atoms with Gasteiger partial charge in [-0.2, -0.15) is 0 Å². The first-order valence-corrected chi connectivity index (χ1v) is 13.9. The summed E-state index contributed by atoms with van der Waals surface area (Å²) in [6.45, 7) is 28.8. The predicted molar refractivity (Wildman–Crippen MR) is 166 cm³/mol. The van der Waals surface area contributed by atoms with Gasteiger partial charge in [0.05, 0.1) is 5.70 Å². The number of benzene rings is 2. The number of aryl methyl sites for hydroxylation is 4. The summed E-state index contributed by atoms with van der Waals surface area (Å²) in [6.07, 6.45) is 8.13. The Balaban J connectivity index is 0.000000511. The third kappa shape index (κ3) is 13.3. The highest BCUT2D eigenvalue weighted by Gasteiger charge is 2.13. The van der Waals surface area contributed by atoms with Crippen LogP contribution >= 0.6 is 0 Å². The number of nitrogens with zero attached hydrogens (tertiary/aromatic N) is 1. The first-order chi connectivity index (χ1) is 17.4. The minimum Gasteiger partial charge on any atom is -0.384 e. The monoisotopic (exact) mass is 505 g/mol. The fraction of sp³-hybridized carbons (Fsp3) is 0.471. The second kappa shape index (κ2) is 17.5. The van der Waals surface area contributed by atoms with E-state index in [2.05, 4.69) is 110 Å². The fourth-order valence-corrected chi connectivity index (χ4v) is 3.58. The van der Waals surface area contributed by atoms with Gasteiger partial charge in [-0.1, -0.05) is 117 Å². The van der Waals surface area contributed by atoms with Crippen LogP contribution in [-0.2, 0) is 18.3 Å². The Hall–Kier alpha value is -2.94. The molecule has 0 saturated carbocycles. The first-order valence-electron chi connectivity index (χ1n) is 13.9. The van der Waals surface area contributed by atoms with Crippen molar-refractivity contribution in [2.24, 2.45) is 5.73 Å². The topological polar surface area (TPSA) is 41.3 Å². The van der Waals surface area contributed by atoms with Crippen LogP contribution in [0.25, 0.3) is 0 Å². The predicted octanol–water partition coefficient (Wildman–Crippen LogP) is 9.26. The van der Waals surface area contributed by atoms with Crippen molar-refractivity contribution in [3.8, 4) is 0 Å². The van der Waals surface area contributed by atoms with E-state index < -0.39 is 0 Å². The van der Waals surface area contributed by atoms with Crippen LogP contribution in [0.5, 0.6) is 0 Å². The summed E-state index contributed by atoms with van der Waals surface area (Å²) < 4.78 is 0. The molecule has 0 fully saturated rings. The van der Waals surface area contributed by atoms with E-state index in [-0.39, 0.29) is 5.41 Å². The third-order valence-corrected chi connectivity index (χ3v) is 6.09. The first kappa shape index (κ1) is 34.1. The minimum atomic E-state index is 0.284. The van der Waals surface area contributed by atoms with Crippen molar-refractivity contribution >= 4 is 0 Å². The average Bonchev–Trinajstić information content (AvgIpc) is 3.21. The Bertz CT molecular complexity index is 975. The summed E-state index contributed by atoms with van der Waals surface area (Å²) in [6, 6.07) is 15.7. The van der Waals surface area contributed by atoms with Gasteiger partial charge < -0.3 is 5.73 Å². The van der Waals surface area contributed by atoms with E-state index in [1.807, 2.05) is 20.8 Å². The van der Waals surface area contributed by atoms with Crippen molar-refractivity contribution in [3.63, 3.8) is 0 Å². The Morgan fingerprint density at radius 2 is 1.49 bits per heavy atom. The van der Waals surface area contributed by atoms with Gasteiger partial charge in [-0.15, -0.1) is 0 Å². The van der Waals surface area contributed by atoms with Crippen molar-refractivity contribution < 1.29 is 0 Å². The fourth-order valence-electron chi connectivity index (χ4n) is 3.58. The molecule has 0 aliphatic carbocycles. The highest BCUT2D eigenvalue weighted by Crippen LogP contribution is 2.22. The van der Waals surface area contributed by atoms with E-state index in [1.165, 1.54) is 53.5 Å². The molecular weight excluding hydrogens is 450 g/mol. The largest absolute Gasteiger partial charge is 0.384 e. The van der Waals surface area contributed by atoms with Crippen LogP contribution in [0, 0.1) is 13.8 Å². The molecule has 0 saturated heterocycles. The summed E-state index contributed by atoms with van der Waals surface area (Å²) in [5, 5.41) is 1.68. The van der Waals surface area contributed by atoms with Gasteiger partial charge in [0.1, 0.15) is 5.82 Å². The lowest BCUT2D eigenvalue weighted by molar-refractivity contribution is 0.375. The number of unbranched alkanes of at least 4 members (excludes halogenated alkanes) is 2. The third-order valence-electron chi connectivity index (χ3n) is 6.09. The van der Waals surface area contributed by atoms with Gasteiger partial charge in [-0.05, 0) is 73.3 Å². The molecule has 0 radical (unpaired) electrons. The molecule has 0 amide bonds. The number of nitrogens with one attached hydrogen (secondary N) is 1. The lowest BCUT2D eigenvalue weighted by atomic mass is 9.86.